The van der Waals surface area contributed by atoms with Crippen molar-refractivity contribution in [2.24, 2.45) is 0 Å². The van der Waals surface area contributed by atoms with Gasteiger partial charge in [0.15, 0.2) is 0 Å². The lowest BCUT2D eigenvalue weighted by Crippen LogP contribution is -2.21. The van der Waals surface area contributed by atoms with Crippen LogP contribution in [0.4, 0.5) is 0 Å². The molecule has 1 amide bonds. The number of carbonyl (C=O) groups excluding carboxylic acids is 1. The van der Waals surface area contributed by atoms with Crippen LogP contribution in [0.25, 0.3) is 6.08 Å². The second-order valence-electron chi connectivity index (χ2n) is 3.54. The highest BCUT2D eigenvalue weighted by atomic mass is 32.1. The van der Waals surface area contributed by atoms with Gasteiger partial charge in [0.25, 0.3) is 5.91 Å². The fourth-order valence-corrected chi connectivity index (χ4v) is 2.18. The Morgan fingerprint density at radius 1 is 1.42 bits per heavy atom. The van der Waals surface area contributed by atoms with Crippen LogP contribution in [-0.4, -0.2) is 22.1 Å². The van der Waals surface area contributed by atoms with Crippen LogP contribution in [0.5, 0.6) is 0 Å². The Hall–Kier alpha value is -2.41. The van der Waals surface area contributed by atoms with E-state index < -0.39 is 5.97 Å². The van der Waals surface area contributed by atoms with Gasteiger partial charge in [0, 0.05) is 21.9 Å². The molecule has 2 aromatic heterocycles. The van der Waals surface area contributed by atoms with Crippen LogP contribution >= 0.6 is 11.3 Å². The first-order valence-corrected chi connectivity index (χ1v) is 6.15. The summed E-state index contributed by atoms with van der Waals surface area (Å²) in [6.07, 6.45) is 3.98. The summed E-state index contributed by atoms with van der Waals surface area (Å²) in [5.41, 5.74) is 0. The van der Waals surface area contributed by atoms with E-state index in [2.05, 4.69) is 10.5 Å². The van der Waals surface area contributed by atoms with E-state index in [1.165, 1.54) is 29.7 Å². The van der Waals surface area contributed by atoms with E-state index in [0.29, 0.717) is 6.54 Å². The van der Waals surface area contributed by atoms with Crippen molar-refractivity contribution in [3.63, 3.8) is 0 Å². The molecule has 2 heterocycles. The molecule has 0 fully saturated rings. The number of aliphatic carboxylic acids is 1. The molecule has 19 heavy (non-hydrogen) atoms. The van der Waals surface area contributed by atoms with Crippen LogP contribution in [0.15, 0.2) is 35.0 Å². The summed E-state index contributed by atoms with van der Waals surface area (Å²) in [6.45, 7) is 0.352. The summed E-state index contributed by atoms with van der Waals surface area (Å²) < 4.78 is 4.72. The summed E-state index contributed by atoms with van der Waals surface area (Å²) in [6, 6.07) is 5.09. The van der Waals surface area contributed by atoms with E-state index in [-0.39, 0.29) is 11.7 Å². The molecule has 0 radical (unpaired) electrons. The van der Waals surface area contributed by atoms with Gasteiger partial charge in [-0.2, -0.15) is 0 Å². The molecule has 0 aliphatic rings. The molecular weight excluding hydrogens is 268 g/mol. The molecule has 0 atom stereocenters. The van der Waals surface area contributed by atoms with Gasteiger partial charge in [-0.15, -0.1) is 11.3 Å². The van der Waals surface area contributed by atoms with Gasteiger partial charge in [0.1, 0.15) is 0 Å². The molecule has 0 unspecified atom stereocenters. The third kappa shape index (κ3) is 3.78. The van der Waals surface area contributed by atoms with E-state index in [4.69, 9.17) is 9.63 Å². The Morgan fingerprint density at radius 3 is 2.95 bits per heavy atom. The molecule has 2 aromatic rings. The van der Waals surface area contributed by atoms with Crippen molar-refractivity contribution in [1.82, 2.24) is 10.5 Å². The van der Waals surface area contributed by atoms with Crippen molar-refractivity contribution in [1.29, 1.82) is 0 Å². The highest BCUT2D eigenvalue weighted by Gasteiger charge is 2.09. The molecule has 6 nitrogen and oxygen atoms in total. The summed E-state index contributed by atoms with van der Waals surface area (Å²) in [5, 5.41) is 14.6. The number of rotatable bonds is 5. The van der Waals surface area contributed by atoms with Gasteiger partial charge in [0.2, 0.25) is 5.76 Å². The average molecular weight is 278 g/mol. The van der Waals surface area contributed by atoms with Crippen LogP contribution in [0.3, 0.4) is 0 Å². The second kappa shape index (κ2) is 5.96. The minimum absolute atomic E-state index is 0.155. The summed E-state index contributed by atoms with van der Waals surface area (Å²) in [7, 11) is 0. The molecule has 2 rings (SSSR count). The SMILES string of the molecule is O=C(O)C=Cc1ccc(CNC(=O)c2ccno2)s1. The predicted molar refractivity (Wildman–Crippen MR) is 68.7 cm³/mol. The first-order chi connectivity index (χ1) is 9.15. The number of amides is 1. The third-order valence-electron chi connectivity index (χ3n) is 2.16. The Bertz CT molecular complexity index is 601. The topological polar surface area (TPSA) is 92.4 Å². The van der Waals surface area contributed by atoms with Crippen LogP contribution in [0.2, 0.25) is 0 Å². The van der Waals surface area contributed by atoms with Crippen molar-refractivity contribution < 1.29 is 19.2 Å². The van der Waals surface area contributed by atoms with E-state index in [1.807, 2.05) is 6.07 Å². The number of carbonyl (C=O) groups is 2. The van der Waals surface area contributed by atoms with Crippen LogP contribution in [0.1, 0.15) is 20.3 Å². The Kier molecular flexibility index (Phi) is 4.09. The Labute approximate surface area is 112 Å². The van der Waals surface area contributed by atoms with Crippen molar-refractivity contribution in [3.8, 4) is 0 Å². The lowest BCUT2D eigenvalue weighted by molar-refractivity contribution is -0.131. The van der Waals surface area contributed by atoms with Crippen molar-refractivity contribution in [2.75, 3.05) is 0 Å². The maximum absolute atomic E-state index is 11.6. The molecule has 2 N–H and O–H groups in total. The minimum Gasteiger partial charge on any atom is -0.478 e. The average Bonchev–Trinajstić information content (AvgIpc) is 3.04. The summed E-state index contributed by atoms with van der Waals surface area (Å²) >= 11 is 1.40. The molecule has 0 saturated carbocycles. The number of carboxylic acids is 1. The molecule has 0 aromatic carbocycles. The number of hydrogen-bond donors (Lipinski definition) is 2. The fourth-order valence-electron chi connectivity index (χ4n) is 1.32. The van der Waals surface area contributed by atoms with Crippen LogP contribution in [-0.2, 0) is 11.3 Å². The molecule has 0 aliphatic heterocycles. The zero-order chi connectivity index (χ0) is 13.7. The highest BCUT2D eigenvalue weighted by Crippen LogP contribution is 2.17. The predicted octanol–water partition coefficient (Wildman–Crippen LogP) is 1.76. The normalized spacial score (nSPS) is 10.7. The molecular formula is C12H10N2O4S. The van der Waals surface area contributed by atoms with Gasteiger partial charge in [-0.05, 0) is 18.2 Å². The zero-order valence-electron chi connectivity index (χ0n) is 9.70. The van der Waals surface area contributed by atoms with Gasteiger partial charge in [-0.3, -0.25) is 4.79 Å². The molecule has 98 valence electrons. The zero-order valence-corrected chi connectivity index (χ0v) is 10.5. The number of thiophene rings is 1. The van der Waals surface area contributed by atoms with Crippen LogP contribution < -0.4 is 5.32 Å². The quantitative estimate of drug-likeness (QED) is 0.813. The van der Waals surface area contributed by atoms with Gasteiger partial charge >= 0.3 is 5.97 Å². The highest BCUT2D eigenvalue weighted by molar-refractivity contribution is 7.12. The second-order valence-corrected chi connectivity index (χ2v) is 4.73. The number of nitrogens with zero attached hydrogens (tertiary/aromatic N) is 1. The van der Waals surface area contributed by atoms with Gasteiger partial charge in [-0.25, -0.2) is 4.79 Å². The van der Waals surface area contributed by atoms with Gasteiger partial charge in [-0.1, -0.05) is 5.16 Å². The van der Waals surface area contributed by atoms with E-state index >= 15 is 0 Å². The minimum atomic E-state index is -0.992. The molecule has 7 heteroatoms. The van der Waals surface area contributed by atoms with Gasteiger partial charge in [0.05, 0.1) is 12.7 Å². The van der Waals surface area contributed by atoms with Crippen LogP contribution in [0, 0.1) is 0 Å². The maximum atomic E-state index is 11.6. The Balaban J connectivity index is 1.90. The number of aromatic nitrogens is 1. The maximum Gasteiger partial charge on any atom is 0.328 e. The number of carboxylic acid groups (broad SMARTS) is 1. The standard InChI is InChI=1S/C12H10N2O4S/c15-11(16)4-3-8-1-2-9(19-8)7-13-12(17)10-5-6-14-18-10/h1-6H,7H2,(H,13,17)(H,15,16). The van der Waals surface area contributed by atoms with E-state index in [9.17, 15) is 9.59 Å². The fraction of sp³-hybridized carbons (Fsp3) is 0.0833. The summed E-state index contributed by atoms with van der Waals surface area (Å²) in [4.78, 5) is 23.7. The summed E-state index contributed by atoms with van der Waals surface area (Å²) in [5.74, 6) is -1.18. The first kappa shape index (κ1) is 13.0. The van der Waals surface area contributed by atoms with Crippen molar-refractivity contribution >= 4 is 29.3 Å². The lowest BCUT2D eigenvalue weighted by atomic mass is 10.3. The first-order valence-electron chi connectivity index (χ1n) is 5.34. The van der Waals surface area contributed by atoms with E-state index in [0.717, 1.165) is 15.8 Å². The largest absolute Gasteiger partial charge is 0.478 e. The molecule has 0 aliphatic carbocycles. The van der Waals surface area contributed by atoms with Gasteiger partial charge < -0.3 is 14.9 Å². The third-order valence-corrected chi connectivity index (χ3v) is 3.21. The smallest absolute Gasteiger partial charge is 0.328 e. The Morgan fingerprint density at radius 2 is 2.26 bits per heavy atom. The lowest BCUT2D eigenvalue weighted by Gasteiger charge is -1.99. The number of hydrogen-bond acceptors (Lipinski definition) is 5. The number of nitrogens with one attached hydrogen (secondary N) is 1. The molecule has 0 bridgehead atoms. The monoisotopic (exact) mass is 278 g/mol. The van der Waals surface area contributed by atoms with Crippen molar-refractivity contribution in [3.05, 3.63) is 46.0 Å². The van der Waals surface area contributed by atoms with E-state index in [1.54, 1.807) is 6.07 Å². The molecule has 0 spiro atoms. The van der Waals surface area contributed by atoms with Crippen molar-refractivity contribution in [2.45, 2.75) is 6.54 Å². The molecule has 0 saturated heterocycles.